The number of benzene rings is 1. The fourth-order valence-corrected chi connectivity index (χ4v) is 2.58. The molecular weight excluding hydrogens is 328 g/mol. The van der Waals surface area contributed by atoms with Crippen LogP contribution in [0.1, 0.15) is 29.1 Å². The highest BCUT2D eigenvalue weighted by atomic mass is 32.1. The topological polar surface area (TPSA) is 84.5 Å². The van der Waals surface area contributed by atoms with E-state index in [0.29, 0.717) is 12.2 Å². The summed E-state index contributed by atoms with van der Waals surface area (Å²) in [5, 5.41) is 7.23. The van der Waals surface area contributed by atoms with Crippen LogP contribution >= 0.6 is 11.3 Å². The zero-order chi connectivity index (χ0) is 17.5. The van der Waals surface area contributed by atoms with E-state index in [1.54, 1.807) is 18.2 Å². The van der Waals surface area contributed by atoms with Crippen molar-refractivity contribution in [2.45, 2.75) is 26.5 Å². The van der Waals surface area contributed by atoms with E-state index in [2.05, 4.69) is 10.6 Å². The minimum atomic E-state index is -0.915. The number of hydrogen-bond acceptors (Lipinski definition) is 5. The molecule has 1 atom stereocenters. The maximum Gasteiger partial charge on any atom is 0.338 e. The quantitative estimate of drug-likeness (QED) is 0.787. The van der Waals surface area contributed by atoms with E-state index in [-0.39, 0.29) is 17.4 Å². The standard InChI is InChI=1S/C17H18N2O4S/c1-11(16(21)18-10-15-7-4-8-24-15)23-17(22)13-5-3-6-14(9-13)19-12(2)20/h3-9,11H,10H2,1-2H3,(H,18,21)(H,19,20)/t11-/m1/s1. The maximum atomic E-state index is 12.1. The minimum absolute atomic E-state index is 0.234. The molecule has 2 N–H and O–H groups in total. The van der Waals surface area contributed by atoms with Crippen LogP contribution in [-0.4, -0.2) is 23.9 Å². The molecule has 0 radical (unpaired) electrons. The van der Waals surface area contributed by atoms with Gasteiger partial charge in [-0.25, -0.2) is 4.79 Å². The molecule has 0 fully saturated rings. The number of anilines is 1. The van der Waals surface area contributed by atoms with E-state index in [1.807, 2.05) is 17.5 Å². The highest BCUT2D eigenvalue weighted by Gasteiger charge is 2.19. The highest BCUT2D eigenvalue weighted by Crippen LogP contribution is 2.13. The molecule has 6 nitrogen and oxygen atoms in total. The molecule has 1 heterocycles. The average molecular weight is 346 g/mol. The number of hydrogen-bond donors (Lipinski definition) is 2. The number of carbonyl (C=O) groups excluding carboxylic acids is 3. The molecule has 1 aromatic heterocycles. The monoisotopic (exact) mass is 346 g/mol. The molecule has 0 unspecified atom stereocenters. The zero-order valence-electron chi connectivity index (χ0n) is 13.4. The van der Waals surface area contributed by atoms with Crippen LogP contribution in [0.5, 0.6) is 0 Å². The number of esters is 1. The summed E-state index contributed by atoms with van der Waals surface area (Å²) in [4.78, 5) is 36.2. The van der Waals surface area contributed by atoms with Gasteiger partial charge in [0.15, 0.2) is 6.10 Å². The van der Waals surface area contributed by atoms with Gasteiger partial charge in [0.1, 0.15) is 0 Å². The van der Waals surface area contributed by atoms with Crippen LogP contribution in [0.25, 0.3) is 0 Å². The largest absolute Gasteiger partial charge is 0.449 e. The van der Waals surface area contributed by atoms with Crippen LogP contribution in [0.3, 0.4) is 0 Å². The molecule has 0 aliphatic rings. The second-order valence-corrected chi connectivity index (χ2v) is 6.14. The Bertz CT molecular complexity index is 728. The summed E-state index contributed by atoms with van der Waals surface area (Å²) >= 11 is 1.54. The lowest BCUT2D eigenvalue weighted by molar-refractivity contribution is -0.129. The number of nitrogens with one attached hydrogen (secondary N) is 2. The van der Waals surface area contributed by atoms with Gasteiger partial charge in [0.05, 0.1) is 12.1 Å². The molecule has 2 amide bonds. The van der Waals surface area contributed by atoms with E-state index in [9.17, 15) is 14.4 Å². The number of carbonyl (C=O) groups is 3. The zero-order valence-corrected chi connectivity index (χ0v) is 14.2. The molecule has 0 saturated heterocycles. The van der Waals surface area contributed by atoms with Gasteiger partial charge in [0.2, 0.25) is 5.91 Å². The Morgan fingerprint density at radius 3 is 2.67 bits per heavy atom. The van der Waals surface area contributed by atoms with Crippen molar-refractivity contribution in [3.05, 3.63) is 52.2 Å². The summed E-state index contributed by atoms with van der Waals surface area (Å²) in [5.41, 5.74) is 0.755. The maximum absolute atomic E-state index is 12.1. The van der Waals surface area contributed by atoms with Crippen molar-refractivity contribution in [2.75, 3.05) is 5.32 Å². The van der Waals surface area contributed by atoms with Crippen LogP contribution in [0.15, 0.2) is 41.8 Å². The predicted octanol–water partition coefficient (Wildman–Crippen LogP) is 2.57. The third-order valence-electron chi connectivity index (χ3n) is 3.09. The normalized spacial score (nSPS) is 11.4. The Morgan fingerprint density at radius 2 is 2.00 bits per heavy atom. The smallest absolute Gasteiger partial charge is 0.338 e. The second kappa shape index (κ2) is 8.26. The van der Waals surface area contributed by atoms with Gasteiger partial charge in [-0.15, -0.1) is 11.3 Å². The minimum Gasteiger partial charge on any atom is -0.449 e. The van der Waals surface area contributed by atoms with Gasteiger partial charge >= 0.3 is 5.97 Å². The third-order valence-corrected chi connectivity index (χ3v) is 3.97. The first-order valence-corrected chi connectivity index (χ1v) is 8.22. The van der Waals surface area contributed by atoms with Crippen LogP contribution in [0, 0.1) is 0 Å². The molecular formula is C17H18N2O4S. The lowest BCUT2D eigenvalue weighted by Gasteiger charge is -2.13. The Balaban J connectivity index is 1.90. The van der Waals surface area contributed by atoms with Crippen LogP contribution in [-0.2, 0) is 20.9 Å². The fraction of sp³-hybridized carbons (Fsp3) is 0.235. The summed E-state index contributed by atoms with van der Waals surface area (Å²) in [6, 6.07) is 10.2. The second-order valence-electron chi connectivity index (χ2n) is 5.11. The van der Waals surface area contributed by atoms with Gasteiger partial charge in [0, 0.05) is 17.5 Å². The fourth-order valence-electron chi connectivity index (χ4n) is 1.94. The van der Waals surface area contributed by atoms with E-state index < -0.39 is 12.1 Å². The molecule has 24 heavy (non-hydrogen) atoms. The molecule has 0 aliphatic carbocycles. The van der Waals surface area contributed by atoms with E-state index in [4.69, 9.17) is 4.74 Å². The summed E-state index contributed by atoms with van der Waals surface area (Å²) in [5.74, 6) is -1.22. The molecule has 0 bridgehead atoms. The van der Waals surface area contributed by atoms with Gasteiger partial charge in [-0.3, -0.25) is 9.59 Å². The first-order chi connectivity index (χ1) is 11.5. The number of ether oxygens (including phenoxy) is 1. The van der Waals surface area contributed by atoms with Gasteiger partial charge in [-0.05, 0) is 36.6 Å². The summed E-state index contributed by atoms with van der Waals surface area (Å²) in [6.07, 6.45) is -0.915. The van der Waals surface area contributed by atoms with Gasteiger partial charge in [-0.2, -0.15) is 0 Å². The van der Waals surface area contributed by atoms with Crippen LogP contribution in [0.4, 0.5) is 5.69 Å². The van der Waals surface area contributed by atoms with Crippen molar-refractivity contribution in [2.24, 2.45) is 0 Å². The van der Waals surface area contributed by atoms with Crippen molar-refractivity contribution in [3.8, 4) is 0 Å². The number of thiophene rings is 1. The summed E-state index contributed by atoms with van der Waals surface area (Å²) < 4.78 is 5.17. The summed E-state index contributed by atoms with van der Waals surface area (Å²) in [6.45, 7) is 3.29. The molecule has 0 aliphatic heterocycles. The van der Waals surface area contributed by atoms with Crippen LogP contribution < -0.4 is 10.6 Å². The Hall–Kier alpha value is -2.67. The lowest BCUT2D eigenvalue weighted by Crippen LogP contribution is -2.35. The Kier molecular flexibility index (Phi) is 6.08. The molecule has 2 aromatic rings. The Labute approximate surface area is 143 Å². The van der Waals surface area contributed by atoms with E-state index in [1.165, 1.54) is 31.3 Å². The molecule has 0 spiro atoms. The van der Waals surface area contributed by atoms with E-state index >= 15 is 0 Å². The van der Waals surface area contributed by atoms with E-state index in [0.717, 1.165) is 4.88 Å². The molecule has 1 aromatic carbocycles. The molecule has 7 heteroatoms. The predicted molar refractivity (Wildman–Crippen MR) is 91.8 cm³/mol. The lowest BCUT2D eigenvalue weighted by atomic mass is 10.2. The summed E-state index contributed by atoms with van der Waals surface area (Å²) in [7, 11) is 0. The highest BCUT2D eigenvalue weighted by molar-refractivity contribution is 7.09. The third kappa shape index (κ3) is 5.20. The first kappa shape index (κ1) is 17.7. The first-order valence-electron chi connectivity index (χ1n) is 7.34. The van der Waals surface area contributed by atoms with Crippen molar-refractivity contribution in [1.29, 1.82) is 0 Å². The number of amides is 2. The van der Waals surface area contributed by atoms with Crippen LogP contribution in [0.2, 0.25) is 0 Å². The Morgan fingerprint density at radius 1 is 1.21 bits per heavy atom. The molecule has 0 saturated carbocycles. The van der Waals surface area contributed by atoms with Gasteiger partial charge in [0.25, 0.3) is 5.91 Å². The van der Waals surface area contributed by atoms with Gasteiger partial charge in [-0.1, -0.05) is 12.1 Å². The number of rotatable bonds is 6. The molecule has 126 valence electrons. The van der Waals surface area contributed by atoms with Crippen molar-refractivity contribution in [3.63, 3.8) is 0 Å². The van der Waals surface area contributed by atoms with Crippen molar-refractivity contribution >= 4 is 34.8 Å². The molecule has 2 rings (SSSR count). The SMILES string of the molecule is CC(=O)Nc1cccc(C(=O)O[C@H](C)C(=O)NCc2cccs2)c1. The van der Waals surface area contributed by atoms with Gasteiger partial charge < -0.3 is 15.4 Å². The van der Waals surface area contributed by atoms with Crippen molar-refractivity contribution in [1.82, 2.24) is 5.32 Å². The average Bonchev–Trinajstić information content (AvgIpc) is 3.05. The van der Waals surface area contributed by atoms with Crippen molar-refractivity contribution < 1.29 is 19.1 Å².